The summed E-state index contributed by atoms with van der Waals surface area (Å²) in [6.45, 7) is 2.55. The summed E-state index contributed by atoms with van der Waals surface area (Å²) in [4.78, 5) is 32.8. The first-order valence-corrected chi connectivity index (χ1v) is 10.4. The van der Waals surface area contributed by atoms with Gasteiger partial charge in [-0.1, -0.05) is 24.3 Å². The Hall–Kier alpha value is -2.73. The third-order valence-corrected chi connectivity index (χ3v) is 6.05. The summed E-state index contributed by atoms with van der Waals surface area (Å²) >= 11 is 1.57. The minimum Gasteiger partial charge on any atom is -0.452 e. The normalized spacial score (nSPS) is 16.9. The smallest absolute Gasteiger partial charge is 0.339 e. The molecule has 0 spiro atoms. The number of aromatic nitrogens is 1. The van der Waals surface area contributed by atoms with Crippen molar-refractivity contribution < 1.29 is 14.3 Å². The van der Waals surface area contributed by atoms with Crippen molar-refractivity contribution in [3.05, 3.63) is 53.4 Å². The van der Waals surface area contributed by atoms with Crippen molar-refractivity contribution in [3.8, 4) is 10.6 Å². The second kappa shape index (κ2) is 8.10. The second-order valence-corrected chi connectivity index (χ2v) is 8.01. The number of rotatable bonds is 4. The molecule has 0 bridgehead atoms. The molecule has 1 fully saturated rings. The van der Waals surface area contributed by atoms with Crippen molar-refractivity contribution in [1.82, 2.24) is 9.88 Å². The lowest BCUT2D eigenvalue weighted by Gasteiger charge is -2.33. The number of thiophene rings is 1. The molecule has 3 aromatic rings. The van der Waals surface area contributed by atoms with Crippen LogP contribution in [-0.2, 0) is 9.53 Å². The molecule has 1 aliphatic rings. The largest absolute Gasteiger partial charge is 0.452 e. The molecule has 0 aliphatic carbocycles. The predicted octanol–water partition coefficient (Wildman–Crippen LogP) is 4.52. The highest BCUT2D eigenvalue weighted by atomic mass is 32.1. The summed E-state index contributed by atoms with van der Waals surface area (Å²) in [5.74, 6) is -0.619. The fraction of sp³-hybridized carbons (Fsp3) is 0.318. The van der Waals surface area contributed by atoms with Crippen LogP contribution in [0.2, 0.25) is 0 Å². The summed E-state index contributed by atoms with van der Waals surface area (Å²) in [5.41, 5.74) is 1.90. The fourth-order valence-corrected chi connectivity index (χ4v) is 4.34. The van der Waals surface area contributed by atoms with E-state index >= 15 is 0 Å². The highest BCUT2D eigenvalue weighted by Gasteiger charge is 2.24. The number of benzene rings is 1. The zero-order chi connectivity index (χ0) is 19.5. The number of hydrogen-bond acceptors (Lipinski definition) is 5. The maximum Gasteiger partial charge on any atom is 0.339 e. The standard InChI is InChI=1S/C22H22N2O3S/c1-15-7-4-5-11-24(15)21(25)14-27-22(26)17-13-19(20-10-6-12-28-20)23-18-9-3-2-8-16(17)18/h2-3,6,8-10,12-13,15H,4-5,7,11,14H2,1H3/t15-/m0/s1. The molecular formula is C22H22N2O3S. The van der Waals surface area contributed by atoms with E-state index in [9.17, 15) is 9.59 Å². The molecule has 28 heavy (non-hydrogen) atoms. The molecule has 0 unspecified atom stereocenters. The van der Waals surface area contributed by atoms with Crippen molar-refractivity contribution in [2.24, 2.45) is 0 Å². The number of piperidine rings is 1. The van der Waals surface area contributed by atoms with Crippen molar-refractivity contribution in [2.75, 3.05) is 13.2 Å². The van der Waals surface area contributed by atoms with Gasteiger partial charge in [-0.25, -0.2) is 9.78 Å². The molecule has 1 saturated heterocycles. The van der Waals surface area contributed by atoms with Gasteiger partial charge in [0.25, 0.3) is 5.91 Å². The Labute approximate surface area is 168 Å². The molecule has 1 aliphatic heterocycles. The molecular weight excluding hydrogens is 372 g/mol. The third-order valence-electron chi connectivity index (χ3n) is 5.16. The Kier molecular flexibility index (Phi) is 5.39. The van der Waals surface area contributed by atoms with E-state index in [2.05, 4.69) is 4.98 Å². The highest BCUT2D eigenvalue weighted by molar-refractivity contribution is 7.13. The molecule has 0 radical (unpaired) electrons. The number of amides is 1. The van der Waals surface area contributed by atoms with Gasteiger partial charge in [0.15, 0.2) is 6.61 Å². The van der Waals surface area contributed by atoms with Gasteiger partial charge in [-0.15, -0.1) is 11.3 Å². The van der Waals surface area contributed by atoms with Crippen molar-refractivity contribution in [3.63, 3.8) is 0 Å². The number of carbonyl (C=O) groups is 2. The molecule has 0 N–H and O–H groups in total. The van der Waals surface area contributed by atoms with Gasteiger partial charge < -0.3 is 9.64 Å². The van der Waals surface area contributed by atoms with Gasteiger partial charge >= 0.3 is 5.97 Å². The van der Waals surface area contributed by atoms with E-state index in [0.29, 0.717) is 5.56 Å². The quantitative estimate of drug-likeness (QED) is 0.611. The maximum atomic E-state index is 12.8. The third kappa shape index (κ3) is 3.78. The number of hydrogen-bond donors (Lipinski definition) is 0. The molecule has 6 heteroatoms. The van der Waals surface area contributed by atoms with Gasteiger partial charge in [0.1, 0.15) is 0 Å². The second-order valence-electron chi connectivity index (χ2n) is 7.06. The molecule has 1 atom stereocenters. The Bertz CT molecular complexity index is 1000. The Morgan fingerprint density at radius 1 is 1.21 bits per heavy atom. The highest BCUT2D eigenvalue weighted by Crippen LogP contribution is 2.28. The number of ether oxygens (including phenoxy) is 1. The molecule has 0 saturated carbocycles. The van der Waals surface area contributed by atoms with Gasteiger partial charge in [0.05, 0.1) is 21.7 Å². The van der Waals surface area contributed by atoms with Crippen LogP contribution < -0.4 is 0 Å². The number of likely N-dealkylation sites (tertiary alicyclic amines) is 1. The van der Waals surface area contributed by atoms with Gasteiger partial charge in [-0.3, -0.25) is 4.79 Å². The minimum absolute atomic E-state index is 0.127. The van der Waals surface area contributed by atoms with Crippen LogP contribution in [0, 0.1) is 0 Å². The fourth-order valence-electron chi connectivity index (χ4n) is 3.65. The molecule has 1 aromatic carbocycles. The first-order chi connectivity index (χ1) is 13.6. The Morgan fingerprint density at radius 2 is 2.07 bits per heavy atom. The topological polar surface area (TPSA) is 59.5 Å². The number of fused-ring (bicyclic) bond motifs is 1. The molecule has 2 aromatic heterocycles. The summed E-state index contributed by atoms with van der Waals surface area (Å²) in [7, 11) is 0. The molecule has 1 amide bonds. The lowest BCUT2D eigenvalue weighted by molar-refractivity contribution is -0.137. The Morgan fingerprint density at radius 3 is 2.86 bits per heavy atom. The van der Waals surface area contributed by atoms with Gasteiger partial charge in [-0.2, -0.15) is 0 Å². The van der Waals surface area contributed by atoms with Crippen LogP contribution in [0.4, 0.5) is 0 Å². The summed E-state index contributed by atoms with van der Waals surface area (Å²) < 4.78 is 5.42. The van der Waals surface area contributed by atoms with E-state index in [1.165, 1.54) is 0 Å². The average molecular weight is 394 g/mol. The lowest BCUT2D eigenvalue weighted by atomic mass is 10.0. The Balaban J connectivity index is 1.57. The van der Waals surface area contributed by atoms with E-state index in [1.54, 1.807) is 17.4 Å². The monoisotopic (exact) mass is 394 g/mol. The van der Waals surface area contributed by atoms with Gasteiger partial charge in [0.2, 0.25) is 0 Å². The molecule has 4 rings (SSSR count). The minimum atomic E-state index is -0.491. The zero-order valence-electron chi connectivity index (χ0n) is 15.8. The number of esters is 1. The van der Waals surface area contributed by atoms with E-state index in [4.69, 9.17) is 4.74 Å². The maximum absolute atomic E-state index is 12.8. The van der Waals surface area contributed by atoms with Crippen molar-refractivity contribution in [1.29, 1.82) is 0 Å². The van der Waals surface area contributed by atoms with E-state index in [0.717, 1.165) is 47.3 Å². The number of pyridine rings is 1. The zero-order valence-corrected chi connectivity index (χ0v) is 16.6. The van der Waals surface area contributed by atoms with E-state index in [1.807, 2.05) is 53.6 Å². The van der Waals surface area contributed by atoms with Crippen molar-refractivity contribution in [2.45, 2.75) is 32.2 Å². The van der Waals surface area contributed by atoms with Gasteiger partial charge in [0, 0.05) is 18.0 Å². The van der Waals surface area contributed by atoms with Crippen LogP contribution in [0.1, 0.15) is 36.5 Å². The summed E-state index contributed by atoms with van der Waals surface area (Å²) in [5, 5.41) is 2.70. The van der Waals surface area contributed by atoms with Crippen molar-refractivity contribution >= 4 is 34.1 Å². The van der Waals surface area contributed by atoms with Gasteiger partial charge in [-0.05, 0) is 49.8 Å². The van der Waals surface area contributed by atoms with E-state index < -0.39 is 5.97 Å². The SMILES string of the molecule is C[C@H]1CCCCN1C(=O)COC(=O)c1cc(-c2cccs2)nc2ccccc12. The molecule has 144 valence electrons. The van der Waals surface area contributed by atoms with Crippen LogP contribution in [0.25, 0.3) is 21.5 Å². The van der Waals surface area contributed by atoms with Crippen LogP contribution in [-0.4, -0.2) is 41.0 Å². The van der Waals surface area contributed by atoms with Crippen LogP contribution in [0.3, 0.4) is 0 Å². The molecule has 5 nitrogen and oxygen atoms in total. The first-order valence-electron chi connectivity index (χ1n) is 9.54. The lowest BCUT2D eigenvalue weighted by Crippen LogP contribution is -2.44. The van der Waals surface area contributed by atoms with Crippen LogP contribution in [0.15, 0.2) is 47.8 Å². The number of carbonyl (C=O) groups excluding carboxylic acids is 2. The first kappa shape index (κ1) is 18.6. The summed E-state index contributed by atoms with van der Waals surface area (Å²) in [6, 6.07) is 13.4. The average Bonchev–Trinajstić information content (AvgIpc) is 3.26. The van der Waals surface area contributed by atoms with Crippen LogP contribution >= 0.6 is 11.3 Å². The van der Waals surface area contributed by atoms with E-state index in [-0.39, 0.29) is 18.6 Å². The number of nitrogens with zero attached hydrogens (tertiary/aromatic N) is 2. The summed E-state index contributed by atoms with van der Waals surface area (Å²) in [6.07, 6.45) is 3.14. The predicted molar refractivity (Wildman–Crippen MR) is 110 cm³/mol. The number of para-hydroxylation sites is 1. The van der Waals surface area contributed by atoms with Crippen LogP contribution in [0.5, 0.6) is 0 Å². The molecule has 3 heterocycles.